The summed E-state index contributed by atoms with van der Waals surface area (Å²) in [6.45, 7) is 4.08. The van der Waals surface area contributed by atoms with Gasteiger partial charge >= 0.3 is 0 Å². The molecule has 0 saturated carbocycles. The van der Waals surface area contributed by atoms with Gasteiger partial charge in [0.2, 0.25) is 10.0 Å². The van der Waals surface area contributed by atoms with E-state index >= 15 is 0 Å². The number of aromatic nitrogens is 3. The molecule has 0 unspecified atom stereocenters. The third-order valence-electron chi connectivity index (χ3n) is 4.03. The predicted molar refractivity (Wildman–Crippen MR) is 98.5 cm³/mol. The minimum absolute atomic E-state index is 0.181. The maximum absolute atomic E-state index is 12.8. The molecule has 8 heteroatoms. The van der Waals surface area contributed by atoms with E-state index in [1.165, 1.54) is 19.2 Å². The maximum Gasteiger partial charge on any atom is 0.241 e. The van der Waals surface area contributed by atoms with Crippen LogP contribution in [-0.4, -0.2) is 30.1 Å². The van der Waals surface area contributed by atoms with Crippen LogP contribution in [0, 0.1) is 5.92 Å². The zero-order chi connectivity index (χ0) is 18.7. The molecule has 0 aliphatic rings. The molecule has 1 atom stereocenters. The van der Waals surface area contributed by atoms with Crippen LogP contribution in [0.2, 0.25) is 0 Å². The molecule has 0 fully saturated rings. The molecule has 1 N–H and O–H groups in total. The Bertz CT molecular complexity index is 981. The third-order valence-corrected chi connectivity index (χ3v) is 5.51. The predicted octanol–water partition coefficient (Wildman–Crippen LogP) is 2.80. The number of ether oxygens (including phenoxy) is 1. The van der Waals surface area contributed by atoms with Gasteiger partial charge in [-0.05, 0) is 48.7 Å². The fraction of sp³-hybridized carbons (Fsp3) is 0.333. The van der Waals surface area contributed by atoms with Gasteiger partial charge in [-0.25, -0.2) is 13.1 Å². The Labute approximate surface area is 153 Å². The van der Waals surface area contributed by atoms with Gasteiger partial charge in [0.1, 0.15) is 5.75 Å². The van der Waals surface area contributed by atoms with Crippen molar-refractivity contribution in [3.8, 4) is 5.75 Å². The average molecular weight is 374 g/mol. The molecular formula is C18H22N4O3S. The number of pyridine rings is 1. The van der Waals surface area contributed by atoms with E-state index in [-0.39, 0.29) is 10.8 Å². The molecule has 0 bridgehead atoms. The second kappa shape index (κ2) is 7.43. The summed E-state index contributed by atoms with van der Waals surface area (Å²) in [6, 6.07) is 11.4. The highest BCUT2D eigenvalue weighted by Gasteiger charge is 2.26. The van der Waals surface area contributed by atoms with E-state index in [0.717, 1.165) is 0 Å². The molecule has 0 radical (unpaired) electrons. The van der Waals surface area contributed by atoms with Gasteiger partial charge in [-0.1, -0.05) is 19.9 Å². The number of nitrogens with one attached hydrogen (secondary N) is 1. The summed E-state index contributed by atoms with van der Waals surface area (Å²) in [5.74, 6) is 1.45. The number of nitrogens with zero attached hydrogens (tertiary/aromatic N) is 3. The van der Waals surface area contributed by atoms with Gasteiger partial charge in [0.25, 0.3) is 0 Å². The van der Waals surface area contributed by atoms with Gasteiger partial charge in [0.05, 0.1) is 18.0 Å². The Morgan fingerprint density at radius 2 is 1.85 bits per heavy atom. The van der Waals surface area contributed by atoms with Crippen molar-refractivity contribution in [1.82, 2.24) is 19.3 Å². The van der Waals surface area contributed by atoms with Crippen molar-refractivity contribution >= 4 is 15.7 Å². The lowest BCUT2D eigenvalue weighted by Gasteiger charge is -2.19. The fourth-order valence-corrected chi connectivity index (χ4v) is 3.99. The Kier molecular flexibility index (Phi) is 5.24. The number of methoxy groups -OCH3 is 1. The van der Waals surface area contributed by atoms with E-state index in [0.29, 0.717) is 23.6 Å². The van der Waals surface area contributed by atoms with Crippen molar-refractivity contribution in [1.29, 1.82) is 0 Å². The molecule has 26 heavy (non-hydrogen) atoms. The van der Waals surface area contributed by atoms with Crippen molar-refractivity contribution in [3.63, 3.8) is 0 Å². The molecule has 2 heterocycles. The van der Waals surface area contributed by atoms with Crippen LogP contribution in [0.15, 0.2) is 53.6 Å². The SMILES string of the molecule is COc1ccc(S(=O)(=O)N[C@H](CC(C)C)c2nnc3ccccn23)cc1. The van der Waals surface area contributed by atoms with Crippen LogP contribution in [0.25, 0.3) is 5.65 Å². The molecule has 0 aliphatic carbocycles. The monoisotopic (exact) mass is 374 g/mol. The van der Waals surface area contributed by atoms with Crippen LogP contribution >= 0.6 is 0 Å². The van der Waals surface area contributed by atoms with Crippen LogP contribution in [0.4, 0.5) is 0 Å². The van der Waals surface area contributed by atoms with Crippen molar-refractivity contribution in [2.24, 2.45) is 5.92 Å². The second-order valence-corrected chi connectivity index (χ2v) is 8.18. The van der Waals surface area contributed by atoms with Crippen LogP contribution in [0.1, 0.15) is 32.1 Å². The lowest BCUT2D eigenvalue weighted by Crippen LogP contribution is -2.31. The van der Waals surface area contributed by atoms with Gasteiger partial charge in [-0.3, -0.25) is 4.40 Å². The van der Waals surface area contributed by atoms with Crippen molar-refractivity contribution in [2.45, 2.75) is 31.2 Å². The van der Waals surface area contributed by atoms with Gasteiger partial charge in [-0.2, -0.15) is 0 Å². The quantitative estimate of drug-likeness (QED) is 0.687. The lowest BCUT2D eigenvalue weighted by molar-refractivity contribution is 0.414. The maximum atomic E-state index is 12.8. The van der Waals surface area contributed by atoms with Crippen molar-refractivity contribution in [3.05, 3.63) is 54.5 Å². The van der Waals surface area contributed by atoms with E-state index < -0.39 is 16.1 Å². The first-order valence-electron chi connectivity index (χ1n) is 8.37. The molecular weight excluding hydrogens is 352 g/mol. The summed E-state index contributed by atoms with van der Waals surface area (Å²) in [4.78, 5) is 0.181. The first-order chi connectivity index (χ1) is 12.4. The van der Waals surface area contributed by atoms with E-state index in [1.54, 1.807) is 12.1 Å². The summed E-state index contributed by atoms with van der Waals surface area (Å²) in [7, 11) is -2.17. The Balaban J connectivity index is 1.95. The van der Waals surface area contributed by atoms with Gasteiger partial charge in [-0.15, -0.1) is 10.2 Å². The number of hydrogen-bond donors (Lipinski definition) is 1. The summed E-state index contributed by atoms with van der Waals surface area (Å²) in [5.41, 5.74) is 0.680. The van der Waals surface area contributed by atoms with Crippen molar-refractivity contribution < 1.29 is 13.2 Å². The second-order valence-electron chi connectivity index (χ2n) is 6.47. The average Bonchev–Trinajstić information content (AvgIpc) is 3.05. The molecule has 0 aliphatic heterocycles. The number of benzene rings is 1. The molecule has 0 amide bonds. The van der Waals surface area contributed by atoms with Gasteiger partial charge < -0.3 is 4.74 Å². The highest BCUT2D eigenvalue weighted by molar-refractivity contribution is 7.89. The first kappa shape index (κ1) is 18.3. The van der Waals surface area contributed by atoms with Crippen LogP contribution in [0.3, 0.4) is 0 Å². The highest BCUT2D eigenvalue weighted by atomic mass is 32.2. The molecule has 138 valence electrons. The molecule has 2 aromatic heterocycles. The minimum atomic E-state index is -3.71. The molecule has 3 aromatic rings. The third kappa shape index (κ3) is 3.86. The molecule has 0 saturated heterocycles. The summed E-state index contributed by atoms with van der Waals surface area (Å²) in [6.07, 6.45) is 2.44. The standard InChI is InChI=1S/C18H22N4O3S/c1-13(2)12-16(18-20-19-17-6-4-5-11-22(17)18)21-26(23,24)15-9-7-14(25-3)8-10-15/h4-11,13,16,21H,12H2,1-3H3/t16-/m1/s1. The first-order valence-corrected chi connectivity index (χ1v) is 9.85. The van der Waals surface area contributed by atoms with Gasteiger partial charge in [0.15, 0.2) is 11.5 Å². The van der Waals surface area contributed by atoms with E-state index in [1.807, 2.05) is 42.6 Å². The number of fused-ring (bicyclic) bond motifs is 1. The van der Waals surface area contributed by atoms with E-state index in [2.05, 4.69) is 14.9 Å². The minimum Gasteiger partial charge on any atom is -0.497 e. The Morgan fingerprint density at radius 1 is 1.12 bits per heavy atom. The number of rotatable bonds is 7. The largest absolute Gasteiger partial charge is 0.497 e. The molecule has 7 nitrogen and oxygen atoms in total. The Morgan fingerprint density at radius 3 is 2.50 bits per heavy atom. The molecule has 1 aromatic carbocycles. The smallest absolute Gasteiger partial charge is 0.241 e. The van der Waals surface area contributed by atoms with Crippen LogP contribution in [0.5, 0.6) is 5.75 Å². The lowest BCUT2D eigenvalue weighted by atomic mass is 10.0. The van der Waals surface area contributed by atoms with Crippen LogP contribution < -0.4 is 9.46 Å². The van der Waals surface area contributed by atoms with E-state index in [4.69, 9.17) is 4.74 Å². The number of hydrogen-bond acceptors (Lipinski definition) is 5. The zero-order valence-electron chi connectivity index (χ0n) is 15.0. The summed E-state index contributed by atoms with van der Waals surface area (Å²) < 4.78 is 35.4. The number of sulfonamides is 1. The summed E-state index contributed by atoms with van der Waals surface area (Å²) >= 11 is 0. The normalized spacial score (nSPS) is 13.2. The Hall–Kier alpha value is -2.45. The fourth-order valence-electron chi connectivity index (χ4n) is 2.79. The van der Waals surface area contributed by atoms with Crippen molar-refractivity contribution in [2.75, 3.05) is 7.11 Å². The molecule has 3 rings (SSSR count). The summed E-state index contributed by atoms with van der Waals surface area (Å²) in [5, 5.41) is 8.35. The topological polar surface area (TPSA) is 85.6 Å². The van der Waals surface area contributed by atoms with Gasteiger partial charge in [0, 0.05) is 6.20 Å². The molecule has 0 spiro atoms. The highest BCUT2D eigenvalue weighted by Crippen LogP contribution is 2.24. The zero-order valence-corrected chi connectivity index (χ0v) is 15.8. The van der Waals surface area contributed by atoms with E-state index in [9.17, 15) is 8.42 Å². The van der Waals surface area contributed by atoms with Crippen LogP contribution in [-0.2, 0) is 10.0 Å².